The average Bonchev–Trinajstić information content (AvgIpc) is 2.15. The first kappa shape index (κ1) is 9.63. The molecular weight excluding hydrogens is 164 g/mol. The van der Waals surface area contributed by atoms with E-state index in [0.717, 1.165) is 16.9 Å². The highest BCUT2D eigenvalue weighted by Gasteiger charge is 1.98. The van der Waals surface area contributed by atoms with Crippen LogP contribution in [0, 0.1) is 18.8 Å². The van der Waals surface area contributed by atoms with Crippen LogP contribution in [0.15, 0.2) is 18.2 Å². The normalized spacial score (nSPS) is 8.85. The highest BCUT2D eigenvalue weighted by molar-refractivity contribution is 5.47. The molecule has 1 aromatic rings. The second-order valence-electron chi connectivity index (χ2n) is 2.66. The summed E-state index contributed by atoms with van der Waals surface area (Å²) < 4.78 is 5.11. The Kier molecular flexibility index (Phi) is 3.36. The van der Waals surface area contributed by atoms with Crippen molar-refractivity contribution in [1.29, 1.82) is 0 Å². The number of rotatable bonds is 1. The maximum Gasteiger partial charge on any atom is 0.134 e. The lowest BCUT2D eigenvalue weighted by atomic mass is 10.1. The molecule has 2 nitrogen and oxygen atoms in total. The van der Waals surface area contributed by atoms with E-state index in [1.165, 1.54) is 0 Å². The van der Waals surface area contributed by atoms with Crippen molar-refractivity contribution in [3.63, 3.8) is 0 Å². The molecule has 0 fully saturated rings. The van der Waals surface area contributed by atoms with Crippen LogP contribution < -0.4 is 4.74 Å². The van der Waals surface area contributed by atoms with Crippen molar-refractivity contribution in [2.24, 2.45) is 0 Å². The number of aryl methyl sites for hydroxylation is 1. The smallest absolute Gasteiger partial charge is 0.134 e. The maximum absolute atomic E-state index is 8.55. The standard InChI is InChI=1S/C11H12O2/c1-9-5-6-11(13-2)10(8-9)4-3-7-12/h5-6,8,12H,7H2,1-2H3. The van der Waals surface area contributed by atoms with Gasteiger partial charge in [0.2, 0.25) is 0 Å². The molecule has 0 saturated heterocycles. The molecule has 0 heterocycles. The average molecular weight is 176 g/mol. The monoisotopic (exact) mass is 176 g/mol. The second-order valence-corrected chi connectivity index (χ2v) is 2.66. The lowest BCUT2D eigenvalue weighted by Crippen LogP contribution is -1.88. The Labute approximate surface area is 78.2 Å². The van der Waals surface area contributed by atoms with Gasteiger partial charge in [-0.15, -0.1) is 0 Å². The fourth-order valence-electron chi connectivity index (χ4n) is 1.05. The van der Waals surface area contributed by atoms with Crippen molar-refractivity contribution in [1.82, 2.24) is 0 Å². The van der Waals surface area contributed by atoms with Gasteiger partial charge in [-0.3, -0.25) is 0 Å². The summed E-state index contributed by atoms with van der Waals surface area (Å²) in [6, 6.07) is 5.77. The Hall–Kier alpha value is -1.46. The fourth-order valence-corrected chi connectivity index (χ4v) is 1.05. The molecule has 0 radical (unpaired) electrons. The topological polar surface area (TPSA) is 29.5 Å². The first-order valence-corrected chi connectivity index (χ1v) is 4.02. The predicted octanol–water partition coefficient (Wildman–Crippen LogP) is 1.35. The van der Waals surface area contributed by atoms with Crippen LogP contribution in [0.1, 0.15) is 11.1 Å². The molecule has 0 aliphatic heterocycles. The summed E-state index contributed by atoms with van der Waals surface area (Å²) in [5.74, 6) is 6.16. The molecule has 0 aliphatic rings. The molecule has 0 aromatic heterocycles. The van der Waals surface area contributed by atoms with E-state index in [-0.39, 0.29) is 6.61 Å². The fraction of sp³-hybridized carbons (Fsp3) is 0.273. The van der Waals surface area contributed by atoms with E-state index in [0.29, 0.717) is 0 Å². The Balaban J connectivity index is 3.08. The first-order valence-electron chi connectivity index (χ1n) is 4.02. The van der Waals surface area contributed by atoms with Gasteiger partial charge in [0.15, 0.2) is 0 Å². The van der Waals surface area contributed by atoms with E-state index < -0.39 is 0 Å². The van der Waals surface area contributed by atoms with Crippen molar-refractivity contribution < 1.29 is 9.84 Å². The van der Waals surface area contributed by atoms with E-state index >= 15 is 0 Å². The van der Waals surface area contributed by atoms with E-state index in [1.807, 2.05) is 25.1 Å². The molecule has 1 N–H and O–H groups in total. The molecule has 0 atom stereocenters. The Morgan fingerprint density at radius 1 is 1.46 bits per heavy atom. The van der Waals surface area contributed by atoms with E-state index in [2.05, 4.69) is 11.8 Å². The summed E-state index contributed by atoms with van der Waals surface area (Å²) in [6.45, 7) is 1.86. The lowest BCUT2D eigenvalue weighted by molar-refractivity contribution is 0.350. The van der Waals surface area contributed by atoms with Crippen LogP contribution in [0.25, 0.3) is 0 Å². The minimum Gasteiger partial charge on any atom is -0.495 e. The molecule has 2 heteroatoms. The van der Waals surface area contributed by atoms with Gasteiger partial charge in [-0.1, -0.05) is 17.9 Å². The molecule has 13 heavy (non-hydrogen) atoms. The molecule has 0 saturated carbocycles. The number of ether oxygens (including phenoxy) is 1. The summed E-state index contributed by atoms with van der Waals surface area (Å²) in [5, 5.41) is 8.55. The number of methoxy groups -OCH3 is 1. The summed E-state index contributed by atoms with van der Waals surface area (Å²) in [6.07, 6.45) is 0. The van der Waals surface area contributed by atoms with Crippen LogP contribution in [0.3, 0.4) is 0 Å². The van der Waals surface area contributed by atoms with Crippen LogP contribution in [0.2, 0.25) is 0 Å². The quantitative estimate of drug-likeness (QED) is 0.654. The molecule has 0 bridgehead atoms. The molecule has 0 amide bonds. The zero-order valence-electron chi connectivity index (χ0n) is 7.79. The molecule has 0 spiro atoms. The molecule has 68 valence electrons. The van der Waals surface area contributed by atoms with Gasteiger partial charge >= 0.3 is 0 Å². The molecule has 0 unspecified atom stereocenters. The molecule has 1 rings (SSSR count). The van der Waals surface area contributed by atoms with E-state index in [1.54, 1.807) is 7.11 Å². The molecule has 1 aromatic carbocycles. The highest BCUT2D eigenvalue weighted by Crippen LogP contribution is 2.17. The van der Waals surface area contributed by atoms with Crippen LogP contribution in [-0.4, -0.2) is 18.8 Å². The summed E-state index contributed by atoms with van der Waals surface area (Å²) in [4.78, 5) is 0. The zero-order chi connectivity index (χ0) is 9.68. The van der Waals surface area contributed by atoms with Crippen molar-refractivity contribution in [2.45, 2.75) is 6.92 Å². The van der Waals surface area contributed by atoms with Gasteiger partial charge in [0.05, 0.1) is 12.7 Å². The second kappa shape index (κ2) is 4.54. The predicted molar refractivity (Wildman–Crippen MR) is 51.7 cm³/mol. The third-order valence-corrected chi connectivity index (χ3v) is 1.66. The van der Waals surface area contributed by atoms with Gasteiger partial charge in [0.25, 0.3) is 0 Å². The summed E-state index contributed by atoms with van der Waals surface area (Å²) in [5.41, 5.74) is 1.94. The number of hydrogen-bond acceptors (Lipinski definition) is 2. The largest absolute Gasteiger partial charge is 0.495 e. The van der Waals surface area contributed by atoms with Crippen LogP contribution in [-0.2, 0) is 0 Å². The van der Waals surface area contributed by atoms with Gasteiger partial charge in [0, 0.05) is 0 Å². The van der Waals surface area contributed by atoms with E-state index in [9.17, 15) is 0 Å². The Bertz CT molecular complexity index is 345. The first-order chi connectivity index (χ1) is 6.27. The summed E-state index contributed by atoms with van der Waals surface area (Å²) >= 11 is 0. The third kappa shape index (κ3) is 2.50. The van der Waals surface area contributed by atoms with Gasteiger partial charge in [-0.25, -0.2) is 0 Å². The number of aliphatic hydroxyl groups excluding tert-OH is 1. The van der Waals surface area contributed by atoms with Crippen molar-refractivity contribution in [3.8, 4) is 17.6 Å². The van der Waals surface area contributed by atoms with Crippen molar-refractivity contribution in [2.75, 3.05) is 13.7 Å². The van der Waals surface area contributed by atoms with Crippen molar-refractivity contribution >= 4 is 0 Å². The SMILES string of the molecule is COc1ccc(C)cc1C#CCO. The van der Waals surface area contributed by atoms with E-state index in [4.69, 9.17) is 9.84 Å². The van der Waals surface area contributed by atoms with Gasteiger partial charge < -0.3 is 9.84 Å². The van der Waals surface area contributed by atoms with Gasteiger partial charge in [-0.2, -0.15) is 0 Å². The van der Waals surface area contributed by atoms with Gasteiger partial charge in [0.1, 0.15) is 12.4 Å². The maximum atomic E-state index is 8.55. The number of aliphatic hydroxyl groups is 1. The Morgan fingerprint density at radius 2 is 2.23 bits per heavy atom. The number of hydrogen-bond donors (Lipinski definition) is 1. The summed E-state index contributed by atoms with van der Waals surface area (Å²) in [7, 11) is 1.61. The molecular formula is C11H12O2. The van der Waals surface area contributed by atoms with Gasteiger partial charge in [-0.05, 0) is 24.6 Å². The Morgan fingerprint density at radius 3 is 2.85 bits per heavy atom. The van der Waals surface area contributed by atoms with Crippen LogP contribution >= 0.6 is 0 Å². The van der Waals surface area contributed by atoms with Crippen LogP contribution in [0.4, 0.5) is 0 Å². The lowest BCUT2D eigenvalue weighted by Gasteiger charge is -2.03. The highest BCUT2D eigenvalue weighted by atomic mass is 16.5. The minimum atomic E-state index is -0.128. The number of benzene rings is 1. The van der Waals surface area contributed by atoms with Crippen molar-refractivity contribution in [3.05, 3.63) is 29.3 Å². The van der Waals surface area contributed by atoms with Crippen LogP contribution in [0.5, 0.6) is 5.75 Å². The zero-order valence-corrected chi connectivity index (χ0v) is 7.79. The molecule has 0 aliphatic carbocycles. The minimum absolute atomic E-state index is 0.128. The third-order valence-electron chi connectivity index (χ3n) is 1.66.